The number of furan rings is 1. The molecule has 0 aliphatic carbocycles. The molecule has 0 unspecified atom stereocenters. The Morgan fingerprint density at radius 1 is 1.50 bits per heavy atom. The normalized spacial score (nSPS) is 21.2. The van der Waals surface area contributed by atoms with Crippen LogP contribution >= 0.6 is 11.8 Å². The molecule has 0 amide bonds. The van der Waals surface area contributed by atoms with Crippen LogP contribution in [0.15, 0.2) is 28.0 Å². The number of nitrogens with zero attached hydrogens (tertiary/aromatic N) is 1. The van der Waals surface area contributed by atoms with Crippen molar-refractivity contribution in [2.75, 3.05) is 5.75 Å². The molecule has 1 aromatic heterocycles. The van der Waals surface area contributed by atoms with Crippen molar-refractivity contribution in [3.8, 4) is 0 Å². The quantitative estimate of drug-likeness (QED) is 0.876. The summed E-state index contributed by atoms with van der Waals surface area (Å²) < 4.78 is 5.02. The average Bonchev–Trinajstić information content (AvgIpc) is 2.96. The molecule has 0 aromatic carbocycles. The van der Waals surface area contributed by atoms with Crippen LogP contribution in [0.5, 0.6) is 0 Å². The molecule has 1 saturated heterocycles. The fraction of sp³-hybridized carbons (Fsp3) is 0.583. The van der Waals surface area contributed by atoms with Gasteiger partial charge in [0.1, 0.15) is 0 Å². The first kappa shape index (κ1) is 11.6. The number of thioether (sulfide) groups is 1. The number of hydrogen-bond acceptors (Lipinski definition) is 3. The highest BCUT2D eigenvalue weighted by atomic mass is 32.2. The Morgan fingerprint density at radius 2 is 2.31 bits per heavy atom. The molecule has 1 aromatic rings. The summed E-state index contributed by atoms with van der Waals surface area (Å²) in [5.74, 6) is 1.13. The van der Waals surface area contributed by atoms with Crippen molar-refractivity contribution in [2.45, 2.75) is 38.8 Å². The largest absolute Gasteiger partial charge is 0.472 e. The summed E-state index contributed by atoms with van der Waals surface area (Å²) in [5.41, 5.74) is 1.39. The molecule has 3 nitrogen and oxygen atoms in total. The minimum atomic E-state index is 0.264. The smallest absolute Gasteiger partial charge is 0.157 e. The van der Waals surface area contributed by atoms with Crippen molar-refractivity contribution >= 4 is 16.9 Å². The van der Waals surface area contributed by atoms with Gasteiger partial charge in [-0.3, -0.25) is 4.99 Å². The number of rotatable bonds is 4. The molecule has 16 heavy (non-hydrogen) atoms. The third kappa shape index (κ3) is 2.43. The van der Waals surface area contributed by atoms with E-state index in [9.17, 15) is 0 Å². The van der Waals surface area contributed by atoms with Crippen molar-refractivity contribution in [1.82, 2.24) is 5.32 Å². The number of amidine groups is 1. The SMILES string of the molecule is CCC1(CC)CSC(=NCc2ccoc2)N1. The van der Waals surface area contributed by atoms with Crippen LogP contribution in [-0.4, -0.2) is 16.5 Å². The molecule has 1 fully saturated rings. The third-order valence-corrected chi connectivity index (χ3v) is 4.40. The van der Waals surface area contributed by atoms with Gasteiger partial charge in [-0.25, -0.2) is 0 Å². The first-order chi connectivity index (χ1) is 7.78. The van der Waals surface area contributed by atoms with Gasteiger partial charge in [0, 0.05) is 16.9 Å². The predicted molar refractivity (Wildman–Crippen MR) is 68.8 cm³/mol. The van der Waals surface area contributed by atoms with Crippen LogP contribution in [0, 0.1) is 0 Å². The zero-order valence-corrected chi connectivity index (χ0v) is 10.6. The molecule has 0 saturated carbocycles. The maximum Gasteiger partial charge on any atom is 0.157 e. The molecule has 0 bridgehead atoms. The van der Waals surface area contributed by atoms with Crippen molar-refractivity contribution in [3.05, 3.63) is 24.2 Å². The fourth-order valence-corrected chi connectivity index (χ4v) is 3.11. The lowest BCUT2D eigenvalue weighted by Crippen LogP contribution is -2.42. The second kappa shape index (κ2) is 4.95. The van der Waals surface area contributed by atoms with Gasteiger partial charge in [0.05, 0.1) is 19.1 Å². The van der Waals surface area contributed by atoms with Crippen molar-refractivity contribution < 1.29 is 4.42 Å². The second-order valence-electron chi connectivity index (χ2n) is 4.15. The van der Waals surface area contributed by atoms with E-state index in [4.69, 9.17) is 4.42 Å². The van der Waals surface area contributed by atoms with E-state index in [0.717, 1.165) is 29.3 Å². The summed E-state index contributed by atoms with van der Waals surface area (Å²) in [4.78, 5) is 4.57. The standard InChI is InChI=1S/C12H18N2OS/c1-3-12(4-2)9-16-11(14-12)13-7-10-5-6-15-8-10/h5-6,8H,3-4,7,9H2,1-2H3,(H,13,14). The molecule has 0 spiro atoms. The Kier molecular flexibility index (Phi) is 3.59. The van der Waals surface area contributed by atoms with E-state index < -0.39 is 0 Å². The van der Waals surface area contributed by atoms with Crippen molar-refractivity contribution in [1.29, 1.82) is 0 Å². The molecular weight excluding hydrogens is 220 g/mol. The molecule has 4 heteroatoms. The maximum atomic E-state index is 5.02. The zero-order chi connectivity index (χ0) is 11.4. The molecule has 2 heterocycles. The Bertz CT molecular complexity index is 355. The van der Waals surface area contributed by atoms with Gasteiger partial charge in [0.2, 0.25) is 0 Å². The van der Waals surface area contributed by atoms with E-state index >= 15 is 0 Å². The number of nitrogens with one attached hydrogen (secondary N) is 1. The summed E-state index contributed by atoms with van der Waals surface area (Å²) in [6.45, 7) is 5.17. The zero-order valence-electron chi connectivity index (χ0n) is 9.82. The average molecular weight is 238 g/mol. The second-order valence-corrected chi connectivity index (χ2v) is 5.12. The van der Waals surface area contributed by atoms with Gasteiger partial charge >= 0.3 is 0 Å². The minimum absolute atomic E-state index is 0.264. The highest BCUT2D eigenvalue weighted by Gasteiger charge is 2.33. The fourth-order valence-electron chi connectivity index (χ4n) is 1.77. The first-order valence-corrected chi connectivity index (χ1v) is 6.73. The lowest BCUT2D eigenvalue weighted by Gasteiger charge is -2.25. The van der Waals surface area contributed by atoms with Crippen LogP contribution in [0.25, 0.3) is 0 Å². The van der Waals surface area contributed by atoms with E-state index in [-0.39, 0.29) is 5.54 Å². The highest BCUT2D eigenvalue weighted by molar-refractivity contribution is 8.14. The first-order valence-electron chi connectivity index (χ1n) is 5.74. The van der Waals surface area contributed by atoms with Crippen LogP contribution < -0.4 is 5.32 Å². The Labute approximate surface area is 101 Å². The molecule has 1 N–H and O–H groups in total. The van der Waals surface area contributed by atoms with E-state index in [1.54, 1.807) is 12.5 Å². The van der Waals surface area contributed by atoms with Crippen molar-refractivity contribution in [3.63, 3.8) is 0 Å². The maximum absolute atomic E-state index is 5.02. The van der Waals surface area contributed by atoms with E-state index in [1.807, 2.05) is 17.8 Å². The van der Waals surface area contributed by atoms with E-state index in [1.165, 1.54) is 0 Å². The van der Waals surface area contributed by atoms with Gasteiger partial charge in [-0.05, 0) is 18.9 Å². The van der Waals surface area contributed by atoms with Crippen LogP contribution in [0.1, 0.15) is 32.3 Å². The third-order valence-electron chi connectivity index (χ3n) is 3.20. The topological polar surface area (TPSA) is 37.5 Å². The summed E-state index contributed by atoms with van der Waals surface area (Å²) in [6, 6.07) is 1.95. The number of hydrogen-bond donors (Lipinski definition) is 1. The van der Waals surface area contributed by atoms with E-state index in [0.29, 0.717) is 6.54 Å². The van der Waals surface area contributed by atoms with E-state index in [2.05, 4.69) is 24.2 Å². The molecule has 1 aliphatic rings. The molecule has 0 radical (unpaired) electrons. The van der Waals surface area contributed by atoms with Crippen LogP contribution in [-0.2, 0) is 6.54 Å². The summed E-state index contributed by atoms with van der Waals surface area (Å²) in [7, 11) is 0. The summed E-state index contributed by atoms with van der Waals surface area (Å²) in [6.07, 6.45) is 5.74. The van der Waals surface area contributed by atoms with Gasteiger partial charge in [0.15, 0.2) is 5.17 Å². The van der Waals surface area contributed by atoms with Gasteiger partial charge < -0.3 is 9.73 Å². The lowest BCUT2D eigenvalue weighted by molar-refractivity contribution is 0.407. The van der Waals surface area contributed by atoms with Gasteiger partial charge in [-0.2, -0.15) is 0 Å². The Balaban J connectivity index is 1.95. The molecule has 88 valence electrons. The van der Waals surface area contributed by atoms with Gasteiger partial charge in [0.25, 0.3) is 0 Å². The van der Waals surface area contributed by atoms with Gasteiger partial charge in [-0.15, -0.1) is 0 Å². The monoisotopic (exact) mass is 238 g/mol. The highest BCUT2D eigenvalue weighted by Crippen LogP contribution is 2.29. The lowest BCUT2D eigenvalue weighted by atomic mass is 9.96. The molecular formula is C12H18N2OS. The van der Waals surface area contributed by atoms with Gasteiger partial charge in [-0.1, -0.05) is 25.6 Å². The number of aliphatic imine (C=N–C) groups is 1. The Morgan fingerprint density at radius 3 is 2.88 bits per heavy atom. The summed E-state index contributed by atoms with van der Waals surface area (Å²) >= 11 is 1.83. The predicted octanol–water partition coefficient (Wildman–Crippen LogP) is 3.03. The Hall–Kier alpha value is -0.900. The summed E-state index contributed by atoms with van der Waals surface area (Å²) in [5, 5.41) is 4.62. The van der Waals surface area contributed by atoms with Crippen molar-refractivity contribution in [2.24, 2.45) is 4.99 Å². The molecule has 1 aliphatic heterocycles. The minimum Gasteiger partial charge on any atom is -0.472 e. The van der Waals surface area contributed by atoms with Crippen LogP contribution in [0.2, 0.25) is 0 Å². The molecule has 2 rings (SSSR count). The molecule has 0 atom stereocenters. The van der Waals surface area contributed by atoms with Crippen LogP contribution in [0.4, 0.5) is 0 Å². The van der Waals surface area contributed by atoms with Crippen LogP contribution in [0.3, 0.4) is 0 Å².